The predicted octanol–water partition coefficient (Wildman–Crippen LogP) is 2.04. The van der Waals surface area contributed by atoms with Crippen LogP contribution in [-0.2, 0) is 9.53 Å². The smallest absolute Gasteiger partial charge is 0.405 e. The number of hydrogen-bond acceptors (Lipinski definition) is 4. The van der Waals surface area contributed by atoms with Crippen molar-refractivity contribution < 1.29 is 31.9 Å². The van der Waals surface area contributed by atoms with Gasteiger partial charge in [0.2, 0.25) is 0 Å². The van der Waals surface area contributed by atoms with Gasteiger partial charge in [-0.2, -0.15) is 13.2 Å². The number of furan rings is 1. The number of carbonyl (C=O) groups is 2. The fraction of sp³-hybridized carbons (Fsp3) is 0.500. The van der Waals surface area contributed by atoms with Gasteiger partial charge in [0.15, 0.2) is 6.61 Å². The highest BCUT2D eigenvalue weighted by Crippen LogP contribution is 2.21. The topological polar surface area (TPSA) is 68.5 Å². The van der Waals surface area contributed by atoms with Crippen molar-refractivity contribution in [2.24, 2.45) is 0 Å². The van der Waals surface area contributed by atoms with Gasteiger partial charge >= 0.3 is 12.1 Å². The number of halogens is 3. The van der Waals surface area contributed by atoms with Crippen molar-refractivity contribution in [1.29, 1.82) is 0 Å². The van der Waals surface area contributed by atoms with Crippen molar-refractivity contribution in [2.75, 3.05) is 13.2 Å². The van der Waals surface area contributed by atoms with E-state index in [2.05, 4.69) is 4.74 Å². The van der Waals surface area contributed by atoms with Gasteiger partial charge in [0.25, 0.3) is 5.91 Å². The molecule has 8 heteroatoms. The SMILES string of the molecule is Cc1oc(C)c(C(=O)OCC(=O)NCC(F)(F)F)c1C. The van der Waals surface area contributed by atoms with Crippen LogP contribution in [0.3, 0.4) is 0 Å². The van der Waals surface area contributed by atoms with Crippen LogP contribution in [0.5, 0.6) is 0 Å². The Morgan fingerprint density at radius 2 is 1.80 bits per heavy atom. The molecule has 0 aromatic carbocycles. The maximum Gasteiger partial charge on any atom is 0.405 e. The molecule has 0 radical (unpaired) electrons. The summed E-state index contributed by atoms with van der Waals surface area (Å²) in [6.45, 7) is 2.62. The van der Waals surface area contributed by atoms with Gasteiger partial charge in [-0.15, -0.1) is 0 Å². The molecule has 1 rings (SSSR count). The van der Waals surface area contributed by atoms with E-state index in [9.17, 15) is 22.8 Å². The number of esters is 1. The molecule has 0 atom stereocenters. The van der Waals surface area contributed by atoms with Crippen molar-refractivity contribution in [3.63, 3.8) is 0 Å². The lowest BCUT2D eigenvalue weighted by atomic mass is 10.1. The molecule has 1 amide bonds. The molecular weight excluding hydrogens is 279 g/mol. The van der Waals surface area contributed by atoms with E-state index in [1.165, 1.54) is 0 Å². The minimum atomic E-state index is -4.51. The first-order chi connectivity index (χ1) is 9.11. The Bertz CT molecular complexity index is 520. The van der Waals surface area contributed by atoms with Crippen LogP contribution in [0.15, 0.2) is 4.42 Å². The van der Waals surface area contributed by atoms with Crippen LogP contribution in [0.2, 0.25) is 0 Å². The number of hydrogen-bond donors (Lipinski definition) is 1. The largest absolute Gasteiger partial charge is 0.465 e. The first-order valence-electron chi connectivity index (χ1n) is 5.69. The number of carbonyl (C=O) groups excluding carboxylic acids is 2. The third-order valence-electron chi connectivity index (χ3n) is 2.59. The highest BCUT2D eigenvalue weighted by Gasteiger charge is 2.28. The minimum absolute atomic E-state index is 0.186. The van der Waals surface area contributed by atoms with E-state index in [1.54, 1.807) is 26.1 Å². The summed E-state index contributed by atoms with van der Waals surface area (Å²) in [4.78, 5) is 22.8. The summed E-state index contributed by atoms with van der Waals surface area (Å²) in [5, 5.41) is 1.60. The third-order valence-corrected chi connectivity index (χ3v) is 2.59. The molecule has 0 aliphatic heterocycles. The normalized spacial score (nSPS) is 11.3. The number of nitrogens with one attached hydrogen (secondary N) is 1. The Labute approximate surface area is 113 Å². The molecule has 0 spiro atoms. The van der Waals surface area contributed by atoms with Crippen LogP contribution >= 0.6 is 0 Å². The standard InChI is InChI=1S/C12H14F3NO4/c1-6-7(2)20-8(3)10(6)11(18)19-4-9(17)16-5-12(13,14)15/h4-5H2,1-3H3,(H,16,17). The lowest BCUT2D eigenvalue weighted by Crippen LogP contribution is -2.36. The van der Waals surface area contributed by atoms with E-state index in [0.717, 1.165) is 0 Å². The second-order valence-corrected chi connectivity index (χ2v) is 4.18. The van der Waals surface area contributed by atoms with Gasteiger partial charge in [-0.05, 0) is 20.8 Å². The highest BCUT2D eigenvalue weighted by atomic mass is 19.4. The molecule has 1 N–H and O–H groups in total. The summed E-state index contributed by atoms with van der Waals surface area (Å²) < 4.78 is 45.4. The Hall–Kier alpha value is -1.99. The van der Waals surface area contributed by atoms with Crippen LogP contribution < -0.4 is 5.32 Å². The number of rotatable bonds is 4. The van der Waals surface area contributed by atoms with Gasteiger partial charge in [0.1, 0.15) is 23.6 Å². The van der Waals surface area contributed by atoms with Gasteiger partial charge in [0, 0.05) is 5.56 Å². The highest BCUT2D eigenvalue weighted by molar-refractivity contribution is 5.93. The Morgan fingerprint density at radius 3 is 2.25 bits per heavy atom. The summed E-state index contributed by atoms with van der Waals surface area (Å²) in [7, 11) is 0. The Kier molecular flexibility index (Phi) is 4.80. The van der Waals surface area contributed by atoms with Gasteiger partial charge in [-0.25, -0.2) is 4.79 Å². The first kappa shape index (κ1) is 16.1. The molecule has 0 aliphatic carbocycles. The number of ether oxygens (including phenoxy) is 1. The third kappa shape index (κ3) is 4.29. The summed E-state index contributed by atoms with van der Waals surface area (Å²) in [6, 6.07) is 0. The second-order valence-electron chi connectivity index (χ2n) is 4.18. The van der Waals surface area contributed by atoms with Crippen molar-refractivity contribution in [2.45, 2.75) is 26.9 Å². The van der Waals surface area contributed by atoms with E-state index in [4.69, 9.17) is 4.42 Å². The van der Waals surface area contributed by atoms with Gasteiger partial charge in [-0.1, -0.05) is 0 Å². The summed E-state index contributed by atoms with van der Waals surface area (Å²) >= 11 is 0. The molecule has 0 bridgehead atoms. The van der Waals surface area contributed by atoms with Crippen LogP contribution in [0, 0.1) is 20.8 Å². The maximum atomic E-state index is 11.9. The van der Waals surface area contributed by atoms with E-state index in [-0.39, 0.29) is 5.56 Å². The molecule has 1 heterocycles. The van der Waals surface area contributed by atoms with Crippen LogP contribution in [0.25, 0.3) is 0 Å². The number of alkyl halides is 3. The fourth-order valence-corrected chi connectivity index (χ4v) is 1.55. The molecule has 0 aliphatic rings. The predicted molar refractivity (Wildman–Crippen MR) is 62.3 cm³/mol. The average Bonchev–Trinajstić information content (AvgIpc) is 2.57. The van der Waals surface area contributed by atoms with Gasteiger partial charge < -0.3 is 14.5 Å². The first-order valence-corrected chi connectivity index (χ1v) is 5.69. The minimum Gasteiger partial charge on any atom is -0.465 e. The zero-order chi connectivity index (χ0) is 15.5. The van der Waals surface area contributed by atoms with Crippen molar-refractivity contribution in [1.82, 2.24) is 5.32 Å². The Balaban J connectivity index is 2.54. The van der Waals surface area contributed by atoms with Gasteiger partial charge in [0.05, 0.1) is 0 Å². The zero-order valence-corrected chi connectivity index (χ0v) is 11.2. The molecule has 5 nitrogen and oxygen atoms in total. The average molecular weight is 293 g/mol. The van der Waals surface area contributed by atoms with E-state index in [1.807, 2.05) is 0 Å². The van der Waals surface area contributed by atoms with Gasteiger partial charge in [-0.3, -0.25) is 4.79 Å². The van der Waals surface area contributed by atoms with Crippen molar-refractivity contribution >= 4 is 11.9 Å². The lowest BCUT2D eigenvalue weighted by molar-refractivity contribution is -0.140. The fourth-order valence-electron chi connectivity index (χ4n) is 1.55. The molecule has 0 saturated carbocycles. The van der Waals surface area contributed by atoms with Crippen molar-refractivity contribution in [3.8, 4) is 0 Å². The maximum absolute atomic E-state index is 11.9. The molecule has 1 aromatic heterocycles. The molecule has 0 saturated heterocycles. The van der Waals surface area contributed by atoms with E-state index < -0.39 is 31.2 Å². The lowest BCUT2D eigenvalue weighted by Gasteiger charge is -2.08. The van der Waals surface area contributed by atoms with E-state index >= 15 is 0 Å². The van der Waals surface area contributed by atoms with Crippen molar-refractivity contribution in [3.05, 3.63) is 22.6 Å². The number of amides is 1. The van der Waals surface area contributed by atoms with Crippen LogP contribution in [-0.4, -0.2) is 31.2 Å². The molecule has 112 valence electrons. The number of aryl methyl sites for hydroxylation is 2. The van der Waals surface area contributed by atoms with Crippen LogP contribution in [0.1, 0.15) is 27.4 Å². The Morgan fingerprint density at radius 1 is 1.20 bits per heavy atom. The molecule has 0 unspecified atom stereocenters. The summed E-state index contributed by atoms with van der Waals surface area (Å²) in [6.07, 6.45) is -4.51. The van der Waals surface area contributed by atoms with E-state index in [0.29, 0.717) is 17.1 Å². The summed E-state index contributed by atoms with van der Waals surface area (Å²) in [5.74, 6) is -0.957. The molecule has 0 fully saturated rings. The monoisotopic (exact) mass is 293 g/mol. The van der Waals surface area contributed by atoms with Crippen LogP contribution in [0.4, 0.5) is 13.2 Å². The molecule has 1 aromatic rings. The zero-order valence-electron chi connectivity index (χ0n) is 11.2. The second kappa shape index (κ2) is 5.98. The summed E-state index contributed by atoms with van der Waals surface area (Å²) in [5.41, 5.74) is 0.759. The molecular formula is C12H14F3NO4. The molecule has 20 heavy (non-hydrogen) atoms. The quantitative estimate of drug-likeness (QED) is 0.863.